The summed E-state index contributed by atoms with van der Waals surface area (Å²) in [5.74, 6) is 2.29. The smallest absolute Gasteiger partial charge is 0.213 e. The number of likely N-dealkylation sites (tertiary alicyclic amines) is 1. The van der Waals surface area contributed by atoms with Crippen molar-refractivity contribution in [2.24, 2.45) is 10.9 Å². The van der Waals surface area contributed by atoms with Gasteiger partial charge in [-0.2, -0.15) is 0 Å². The van der Waals surface area contributed by atoms with Crippen molar-refractivity contribution in [3.8, 4) is 5.88 Å². The molecule has 0 saturated carbocycles. The first-order valence-electron chi connectivity index (χ1n) is 9.35. The maximum absolute atomic E-state index is 5.19. The molecule has 0 bridgehead atoms. The van der Waals surface area contributed by atoms with Crippen LogP contribution in [0.4, 0.5) is 0 Å². The number of pyridine rings is 1. The Morgan fingerprint density at radius 2 is 2.08 bits per heavy atom. The molecular weight excluding hydrogens is 324 g/mol. The quantitative estimate of drug-likeness (QED) is 0.641. The molecule has 0 radical (unpaired) electrons. The molecule has 0 amide bonds. The summed E-state index contributed by atoms with van der Waals surface area (Å²) in [5.41, 5.74) is 2.33. The summed E-state index contributed by atoms with van der Waals surface area (Å²) in [4.78, 5) is 11.6. The van der Waals surface area contributed by atoms with Crippen LogP contribution in [-0.2, 0) is 13.0 Å². The van der Waals surface area contributed by atoms with Crippen molar-refractivity contribution < 1.29 is 4.74 Å². The van der Waals surface area contributed by atoms with Gasteiger partial charge >= 0.3 is 0 Å². The van der Waals surface area contributed by atoms with Crippen molar-refractivity contribution in [1.29, 1.82) is 0 Å². The van der Waals surface area contributed by atoms with Gasteiger partial charge in [0.1, 0.15) is 0 Å². The summed E-state index contributed by atoms with van der Waals surface area (Å²) in [6.07, 6.45) is 2.34. The van der Waals surface area contributed by atoms with Gasteiger partial charge < -0.3 is 15.0 Å². The number of hydrogen-bond donors (Lipinski definition) is 1. The van der Waals surface area contributed by atoms with E-state index in [1.54, 1.807) is 7.11 Å². The number of ether oxygens (including phenoxy) is 1. The largest absolute Gasteiger partial charge is 0.481 e. The molecule has 5 heteroatoms. The monoisotopic (exact) mass is 352 g/mol. The highest BCUT2D eigenvalue weighted by Crippen LogP contribution is 2.21. The molecule has 26 heavy (non-hydrogen) atoms. The molecule has 2 heterocycles. The summed E-state index contributed by atoms with van der Waals surface area (Å²) < 4.78 is 5.19. The van der Waals surface area contributed by atoms with Crippen LogP contribution < -0.4 is 10.1 Å². The summed E-state index contributed by atoms with van der Waals surface area (Å²) in [5, 5.41) is 3.42. The van der Waals surface area contributed by atoms with E-state index in [1.165, 1.54) is 12.0 Å². The van der Waals surface area contributed by atoms with Crippen LogP contribution in [0.1, 0.15) is 24.6 Å². The average Bonchev–Trinajstić information content (AvgIpc) is 3.14. The van der Waals surface area contributed by atoms with Crippen molar-refractivity contribution in [1.82, 2.24) is 15.2 Å². The van der Waals surface area contributed by atoms with E-state index in [2.05, 4.69) is 52.5 Å². The van der Waals surface area contributed by atoms with Crippen LogP contribution in [0.15, 0.2) is 53.5 Å². The zero-order valence-corrected chi connectivity index (χ0v) is 15.7. The van der Waals surface area contributed by atoms with E-state index in [9.17, 15) is 0 Å². The molecule has 5 nitrogen and oxygen atoms in total. The predicted molar refractivity (Wildman–Crippen MR) is 105 cm³/mol. The topological polar surface area (TPSA) is 49.8 Å². The normalized spacial score (nSPS) is 17.4. The maximum Gasteiger partial charge on any atom is 0.213 e. The number of methoxy groups -OCH3 is 1. The molecule has 1 unspecified atom stereocenters. The second-order valence-electron chi connectivity index (χ2n) is 6.63. The molecule has 138 valence electrons. The van der Waals surface area contributed by atoms with Gasteiger partial charge in [-0.25, -0.2) is 9.98 Å². The summed E-state index contributed by atoms with van der Waals surface area (Å²) in [7, 11) is 1.64. The number of rotatable bonds is 6. The predicted octanol–water partition coefficient (Wildman–Crippen LogP) is 3.12. The van der Waals surface area contributed by atoms with Gasteiger partial charge in [0.2, 0.25) is 5.88 Å². The van der Waals surface area contributed by atoms with Gasteiger partial charge in [0.05, 0.1) is 19.3 Å². The molecule has 0 spiro atoms. The molecular formula is C21H28N4O. The Hall–Kier alpha value is -2.56. The minimum Gasteiger partial charge on any atom is -0.481 e. The van der Waals surface area contributed by atoms with Crippen LogP contribution in [0.3, 0.4) is 0 Å². The molecule has 1 aromatic heterocycles. The molecule has 1 aliphatic heterocycles. The van der Waals surface area contributed by atoms with Gasteiger partial charge in [-0.15, -0.1) is 0 Å². The average molecular weight is 352 g/mol. The number of aromatic nitrogens is 1. The highest BCUT2D eigenvalue weighted by atomic mass is 16.5. The fourth-order valence-electron chi connectivity index (χ4n) is 3.38. The van der Waals surface area contributed by atoms with Crippen LogP contribution in [0.5, 0.6) is 5.88 Å². The Morgan fingerprint density at radius 1 is 1.23 bits per heavy atom. The lowest BCUT2D eigenvalue weighted by atomic mass is 9.99. The lowest BCUT2D eigenvalue weighted by Gasteiger charge is -2.21. The Balaban J connectivity index is 1.62. The Morgan fingerprint density at radius 3 is 2.85 bits per heavy atom. The third-order valence-electron chi connectivity index (χ3n) is 4.67. The first-order valence-corrected chi connectivity index (χ1v) is 9.35. The summed E-state index contributed by atoms with van der Waals surface area (Å²) in [6.45, 7) is 5.63. The van der Waals surface area contributed by atoms with E-state index < -0.39 is 0 Å². The van der Waals surface area contributed by atoms with Gasteiger partial charge in [0.25, 0.3) is 0 Å². The van der Waals surface area contributed by atoms with Crippen molar-refractivity contribution in [3.63, 3.8) is 0 Å². The van der Waals surface area contributed by atoms with Gasteiger partial charge in [-0.1, -0.05) is 36.4 Å². The Kier molecular flexibility index (Phi) is 6.47. The molecule has 1 aliphatic rings. The number of benzene rings is 1. The first kappa shape index (κ1) is 18.2. The number of nitrogens with zero attached hydrogens (tertiary/aromatic N) is 3. The fourth-order valence-corrected chi connectivity index (χ4v) is 3.38. The zero-order chi connectivity index (χ0) is 18.2. The number of aliphatic imine (C=N–C) groups is 1. The van der Waals surface area contributed by atoms with Crippen LogP contribution in [0, 0.1) is 5.92 Å². The second-order valence-corrected chi connectivity index (χ2v) is 6.63. The van der Waals surface area contributed by atoms with Crippen LogP contribution in [0.25, 0.3) is 0 Å². The molecule has 1 aromatic carbocycles. The van der Waals surface area contributed by atoms with Crippen molar-refractivity contribution >= 4 is 5.96 Å². The van der Waals surface area contributed by atoms with E-state index in [1.807, 2.05) is 18.2 Å². The van der Waals surface area contributed by atoms with Gasteiger partial charge in [-0.05, 0) is 37.3 Å². The minimum absolute atomic E-state index is 0.555. The van der Waals surface area contributed by atoms with E-state index >= 15 is 0 Å². The Bertz CT molecular complexity index is 717. The zero-order valence-electron chi connectivity index (χ0n) is 15.7. The molecule has 1 N–H and O–H groups in total. The molecule has 1 fully saturated rings. The van der Waals surface area contributed by atoms with Crippen LogP contribution in [-0.4, -0.2) is 42.6 Å². The minimum atomic E-state index is 0.555. The van der Waals surface area contributed by atoms with E-state index in [0.29, 0.717) is 18.3 Å². The second kappa shape index (κ2) is 9.22. The van der Waals surface area contributed by atoms with Crippen molar-refractivity contribution in [2.75, 3.05) is 26.7 Å². The Labute approximate surface area is 156 Å². The lowest BCUT2D eigenvalue weighted by molar-refractivity contribution is 0.396. The number of hydrogen-bond acceptors (Lipinski definition) is 3. The lowest BCUT2D eigenvalue weighted by Crippen LogP contribution is -2.40. The van der Waals surface area contributed by atoms with Gasteiger partial charge in [0, 0.05) is 25.7 Å². The van der Waals surface area contributed by atoms with Crippen LogP contribution in [0.2, 0.25) is 0 Å². The SMILES string of the molecule is CCNC(=NCc1cccc(OC)n1)N1CCC(Cc2ccccc2)C1. The third-order valence-corrected chi connectivity index (χ3v) is 4.67. The number of nitrogens with one attached hydrogen (secondary N) is 1. The van der Waals surface area contributed by atoms with Crippen LogP contribution >= 0.6 is 0 Å². The van der Waals surface area contributed by atoms with E-state index in [4.69, 9.17) is 9.73 Å². The molecule has 2 aromatic rings. The van der Waals surface area contributed by atoms with E-state index in [0.717, 1.165) is 37.7 Å². The molecule has 0 aliphatic carbocycles. The molecule has 1 saturated heterocycles. The first-order chi connectivity index (χ1) is 12.8. The van der Waals surface area contributed by atoms with Crippen molar-refractivity contribution in [2.45, 2.75) is 26.3 Å². The van der Waals surface area contributed by atoms with Crippen molar-refractivity contribution in [3.05, 3.63) is 59.8 Å². The number of guanidine groups is 1. The van der Waals surface area contributed by atoms with E-state index in [-0.39, 0.29) is 0 Å². The summed E-state index contributed by atoms with van der Waals surface area (Å²) >= 11 is 0. The highest BCUT2D eigenvalue weighted by Gasteiger charge is 2.24. The molecule has 1 atom stereocenters. The standard InChI is InChI=1S/C21H28N4O/c1-3-22-21(23-15-19-10-7-11-20(24-19)26-2)25-13-12-18(16-25)14-17-8-5-4-6-9-17/h4-11,18H,3,12-16H2,1-2H3,(H,22,23). The fraction of sp³-hybridized carbons (Fsp3) is 0.429. The molecule has 3 rings (SSSR count). The van der Waals surface area contributed by atoms with Gasteiger partial charge in [-0.3, -0.25) is 0 Å². The summed E-state index contributed by atoms with van der Waals surface area (Å²) in [6, 6.07) is 16.5. The highest BCUT2D eigenvalue weighted by molar-refractivity contribution is 5.80. The third kappa shape index (κ3) is 4.97. The maximum atomic E-state index is 5.19. The van der Waals surface area contributed by atoms with Gasteiger partial charge in [0.15, 0.2) is 5.96 Å².